The normalized spacial score (nSPS) is 10.4. The molecule has 1 amide bonds. The highest BCUT2D eigenvalue weighted by atomic mass is 16.5. The van der Waals surface area contributed by atoms with Gasteiger partial charge in [0.15, 0.2) is 0 Å². The number of hydrogen-bond donors (Lipinski definition) is 1. The minimum atomic E-state index is -0.457. The van der Waals surface area contributed by atoms with E-state index in [0.29, 0.717) is 16.9 Å². The lowest BCUT2D eigenvalue weighted by Gasteiger charge is -2.10. The molecule has 0 unspecified atom stereocenters. The van der Waals surface area contributed by atoms with E-state index in [2.05, 4.69) is 15.2 Å². The average Bonchev–Trinajstić information content (AvgIpc) is 2.71. The van der Waals surface area contributed by atoms with Gasteiger partial charge in [0.2, 0.25) is 5.91 Å². The van der Waals surface area contributed by atoms with Gasteiger partial charge in [-0.15, -0.1) is 0 Å². The molecule has 0 aliphatic carbocycles. The predicted octanol–water partition coefficient (Wildman–Crippen LogP) is 2.95. The van der Waals surface area contributed by atoms with Crippen LogP contribution in [-0.2, 0) is 16.1 Å². The summed E-state index contributed by atoms with van der Waals surface area (Å²) in [6.45, 7) is 3.73. The molecule has 1 N–H and O–H groups in total. The van der Waals surface area contributed by atoms with Crippen LogP contribution in [0.4, 0.5) is 5.69 Å². The van der Waals surface area contributed by atoms with Crippen molar-refractivity contribution in [3.05, 3.63) is 81.6 Å². The second kappa shape index (κ2) is 8.52. The quantitative estimate of drug-likeness (QED) is 0.676. The molecule has 3 rings (SSSR count). The van der Waals surface area contributed by atoms with Crippen LogP contribution in [0.15, 0.2) is 59.4 Å². The van der Waals surface area contributed by atoms with Crippen molar-refractivity contribution in [1.29, 1.82) is 0 Å². The molecule has 2 aromatic carbocycles. The first-order valence-electron chi connectivity index (χ1n) is 9.01. The smallest absolute Gasteiger partial charge is 0.337 e. The van der Waals surface area contributed by atoms with E-state index in [1.807, 2.05) is 32.0 Å². The fraction of sp³-hybridized carbons (Fsp3) is 0.182. The second-order valence-electron chi connectivity index (χ2n) is 6.65. The van der Waals surface area contributed by atoms with Gasteiger partial charge in [0.1, 0.15) is 6.54 Å². The van der Waals surface area contributed by atoms with Crippen molar-refractivity contribution >= 4 is 17.6 Å². The van der Waals surface area contributed by atoms with Gasteiger partial charge in [-0.2, -0.15) is 5.10 Å². The van der Waals surface area contributed by atoms with E-state index in [1.54, 1.807) is 30.3 Å². The van der Waals surface area contributed by atoms with Gasteiger partial charge < -0.3 is 10.1 Å². The van der Waals surface area contributed by atoms with Crippen LogP contribution in [0.2, 0.25) is 0 Å². The summed E-state index contributed by atoms with van der Waals surface area (Å²) in [5.41, 5.74) is 4.17. The Morgan fingerprint density at radius 2 is 1.76 bits per heavy atom. The van der Waals surface area contributed by atoms with Crippen LogP contribution in [-0.4, -0.2) is 28.8 Å². The molecule has 1 heterocycles. The zero-order chi connectivity index (χ0) is 21.0. The first-order chi connectivity index (χ1) is 13.9. The Kier molecular flexibility index (Phi) is 5.87. The number of methoxy groups -OCH3 is 1. The summed E-state index contributed by atoms with van der Waals surface area (Å²) in [5.74, 6) is -0.856. The number of carbonyl (C=O) groups is 2. The SMILES string of the molecule is COC(=O)c1ccc(NC(=O)Cn2nc(-c3cc(C)ccc3C)ccc2=O)cc1. The Balaban J connectivity index is 1.77. The van der Waals surface area contributed by atoms with Gasteiger partial charge in [-0.05, 0) is 55.8 Å². The maximum Gasteiger partial charge on any atom is 0.337 e. The molecule has 0 spiro atoms. The van der Waals surface area contributed by atoms with Crippen LogP contribution < -0.4 is 10.9 Å². The molecule has 0 fully saturated rings. The van der Waals surface area contributed by atoms with Gasteiger partial charge in [0.05, 0.1) is 18.4 Å². The number of esters is 1. The molecule has 0 aliphatic rings. The largest absolute Gasteiger partial charge is 0.465 e. The van der Waals surface area contributed by atoms with E-state index in [1.165, 1.54) is 13.2 Å². The van der Waals surface area contributed by atoms with Crippen molar-refractivity contribution in [2.24, 2.45) is 0 Å². The number of nitrogens with one attached hydrogen (secondary N) is 1. The first kappa shape index (κ1) is 20.0. The topological polar surface area (TPSA) is 90.3 Å². The lowest BCUT2D eigenvalue weighted by atomic mass is 10.0. The van der Waals surface area contributed by atoms with Crippen molar-refractivity contribution in [3.63, 3.8) is 0 Å². The zero-order valence-corrected chi connectivity index (χ0v) is 16.4. The highest BCUT2D eigenvalue weighted by molar-refractivity contribution is 5.92. The summed E-state index contributed by atoms with van der Waals surface area (Å²) < 4.78 is 5.77. The first-order valence-corrected chi connectivity index (χ1v) is 9.01. The highest BCUT2D eigenvalue weighted by Crippen LogP contribution is 2.21. The Morgan fingerprint density at radius 3 is 2.45 bits per heavy atom. The molecule has 1 aromatic heterocycles. The number of nitrogens with zero attached hydrogens (tertiary/aromatic N) is 2. The molecule has 0 saturated carbocycles. The second-order valence-corrected chi connectivity index (χ2v) is 6.65. The molecule has 0 bridgehead atoms. The Morgan fingerprint density at radius 1 is 1.03 bits per heavy atom. The van der Waals surface area contributed by atoms with Crippen molar-refractivity contribution in [2.45, 2.75) is 20.4 Å². The molecular weight excluding hydrogens is 370 g/mol. The Bertz CT molecular complexity index is 1120. The minimum absolute atomic E-state index is 0.226. The zero-order valence-electron chi connectivity index (χ0n) is 16.4. The van der Waals surface area contributed by atoms with Gasteiger partial charge in [0.25, 0.3) is 5.56 Å². The number of carbonyl (C=O) groups excluding carboxylic acids is 2. The standard InChI is InChI=1S/C22H21N3O4/c1-14-4-5-15(2)18(12-14)19-10-11-21(27)25(24-19)13-20(26)23-17-8-6-16(7-9-17)22(28)29-3/h4-12H,13H2,1-3H3,(H,23,26). The summed E-state index contributed by atoms with van der Waals surface area (Å²) in [4.78, 5) is 36.0. The third-order valence-corrected chi connectivity index (χ3v) is 4.42. The Hall–Kier alpha value is -3.74. The maximum atomic E-state index is 12.4. The summed E-state index contributed by atoms with van der Waals surface area (Å²) in [6.07, 6.45) is 0. The fourth-order valence-electron chi connectivity index (χ4n) is 2.86. The summed E-state index contributed by atoms with van der Waals surface area (Å²) >= 11 is 0. The van der Waals surface area contributed by atoms with E-state index >= 15 is 0 Å². The monoisotopic (exact) mass is 391 g/mol. The van der Waals surface area contributed by atoms with Crippen LogP contribution in [0.3, 0.4) is 0 Å². The van der Waals surface area contributed by atoms with Crippen molar-refractivity contribution in [3.8, 4) is 11.3 Å². The van der Waals surface area contributed by atoms with Gasteiger partial charge in [-0.25, -0.2) is 9.48 Å². The fourth-order valence-corrected chi connectivity index (χ4v) is 2.86. The van der Waals surface area contributed by atoms with Crippen LogP contribution in [0, 0.1) is 13.8 Å². The number of ether oxygens (including phenoxy) is 1. The van der Waals surface area contributed by atoms with Crippen molar-refractivity contribution in [1.82, 2.24) is 9.78 Å². The lowest BCUT2D eigenvalue weighted by molar-refractivity contribution is -0.117. The van der Waals surface area contributed by atoms with Crippen LogP contribution in [0.25, 0.3) is 11.3 Å². The molecule has 7 heteroatoms. The van der Waals surface area contributed by atoms with Gasteiger partial charge in [-0.1, -0.05) is 17.7 Å². The summed E-state index contributed by atoms with van der Waals surface area (Å²) in [7, 11) is 1.30. The third-order valence-electron chi connectivity index (χ3n) is 4.42. The summed E-state index contributed by atoms with van der Waals surface area (Å²) in [5, 5.41) is 7.05. The number of benzene rings is 2. The van der Waals surface area contributed by atoms with E-state index in [-0.39, 0.29) is 12.1 Å². The van der Waals surface area contributed by atoms with E-state index in [9.17, 15) is 14.4 Å². The van der Waals surface area contributed by atoms with E-state index in [4.69, 9.17) is 0 Å². The molecule has 0 aliphatic heterocycles. The van der Waals surface area contributed by atoms with Crippen LogP contribution in [0.5, 0.6) is 0 Å². The molecular formula is C22H21N3O4. The average molecular weight is 391 g/mol. The van der Waals surface area contributed by atoms with E-state index < -0.39 is 11.9 Å². The molecule has 0 radical (unpaired) electrons. The molecule has 7 nitrogen and oxygen atoms in total. The minimum Gasteiger partial charge on any atom is -0.465 e. The predicted molar refractivity (Wildman–Crippen MR) is 110 cm³/mol. The number of aromatic nitrogens is 2. The number of anilines is 1. The Labute approximate surface area is 168 Å². The molecule has 148 valence electrons. The molecule has 29 heavy (non-hydrogen) atoms. The number of amides is 1. The van der Waals surface area contributed by atoms with Gasteiger partial charge >= 0.3 is 5.97 Å². The number of rotatable bonds is 5. The number of hydrogen-bond acceptors (Lipinski definition) is 5. The van der Waals surface area contributed by atoms with Gasteiger partial charge in [-0.3, -0.25) is 9.59 Å². The number of aryl methyl sites for hydroxylation is 2. The summed E-state index contributed by atoms with van der Waals surface area (Å²) in [6, 6.07) is 15.3. The highest BCUT2D eigenvalue weighted by Gasteiger charge is 2.11. The third kappa shape index (κ3) is 4.76. The van der Waals surface area contributed by atoms with Crippen molar-refractivity contribution < 1.29 is 14.3 Å². The molecule has 3 aromatic rings. The van der Waals surface area contributed by atoms with E-state index in [0.717, 1.165) is 21.4 Å². The van der Waals surface area contributed by atoms with Crippen molar-refractivity contribution in [2.75, 3.05) is 12.4 Å². The van der Waals surface area contributed by atoms with Crippen LogP contribution >= 0.6 is 0 Å². The lowest BCUT2D eigenvalue weighted by Crippen LogP contribution is -2.29. The molecule has 0 atom stereocenters. The molecule has 0 saturated heterocycles. The maximum absolute atomic E-state index is 12.4. The van der Waals surface area contributed by atoms with Gasteiger partial charge in [0, 0.05) is 17.3 Å². The van der Waals surface area contributed by atoms with Crippen LogP contribution in [0.1, 0.15) is 21.5 Å².